The first kappa shape index (κ1) is 28.8. The number of halogens is 4. The monoisotopic (exact) mass is 553 g/mol. The number of hydrogen-bond donors (Lipinski definition) is 0. The molecule has 0 atom stereocenters. The number of benzene rings is 4. The van der Waals surface area contributed by atoms with Crippen LogP contribution in [-0.4, -0.2) is 36.3 Å². The van der Waals surface area contributed by atoms with Crippen LogP contribution in [0.5, 0.6) is 0 Å². The van der Waals surface area contributed by atoms with E-state index in [1.807, 2.05) is 91.0 Å². The van der Waals surface area contributed by atoms with Crippen molar-refractivity contribution in [3.8, 4) is 0 Å². The maximum Gasteiger partial charge on any atom is 0.542 e. The summed E-state index contributed by atoms with van der Waals surface area (Å²) in [5, 5.41) is -0.988. The van der Waals surface area contributed by atoms with E-state index in [1.54, 1.807) is 0 Å². The number of hydrogen-bond acceptors (Lipinski definition) is 3. The van der Waals surface area contributed by atoms with Gasteiger partial charge >= 0.3 is 8.80 Å². The van der Waals surface area contributed by atoms with Crippen LogP contribution < -0.4 is 10.6 Å². The van der Waals surface area contributed by atoms with E-state index in [0.717, 1.165) is 38.0 Å². The van der Waals surface area contributed by atoms with Crippen LogP contribution in [0.4, 0.5) is 17.6 Å². The van der Waals surface area contributed by atoms with E-state index in [9.17, 15) is 0 Å². The lowest BCUT2D eigenvalue weighted by Gasteiger charge is -2.42. The second-order valence-corrected chi connectivity index (χ2v) is 12.6. The quantitative estimate of drug-likeness (QED) is 0.143. The summed E-state index contributed by atoms with van der Waals surface area (Å²) < 4.78 is 80.1. The summed E-state index contributed by atoms with van der Waals surface area (Å²) in [5.74, 6) is -6.06. The lowest BCUT2D eigenvalue weighted by Crippen LogP contribution is -2.63. The standard InChI is InChI=1S/C30H30BF4O3Si/c1-36-39(37-2,38-3)30-28(34)26(32)25(27(33)29(30)35)31(19-22-13-7-4-8-14-22,20-23-15-9-5-10-16-23)21-24-17-11-6-12-18-24/h4-18H,19-21H2,1-3H3/q-1. The lowest BCUT2D eigenvalue weighted by molar-refractivity contribution is 0.138. The third-order valence-electron chi connectivity index (χ3n) is 7.43. The maximum atomic E-state index is 16.3. The average molecular weight is 553 g/mol. The van der Waals surface area contributed by atoms with Gasteiger partial charge in [-0.05, 0) is 0 Å². The molecule has 204 valence electrons. The molecule has 0 spiro atoms. The molecule has 4 aromatic rings. The molecule has 0 bridgehead atoms. The van der Waals surface area contributed by atoms with Gasteiger partial charge in [0.15, 0.2) is 11.6 Å². The molecule has 0 aliphatic rings. The highest BCUT2D eigenvalue weighted by molar-refractivity contribution is 6.90. The van der Waals surface area contributed by atoms with Crippen molar-refractivity contribution in [3.05, 3.63) is 131 Å². The Kier molecular flexibility index (Phi) is 9.07. The molecule has 0 radical (unpaired) electrons. The molecule has 0 fully saturated rings. The van der Waals surface area contributed by atoms with Crippen molar-refractivity contribution in [2.24, 2.45) is 0 Å². The van der Waals surface area contributed by atoms with Gasteiger partial charge in [0.1, 0.15) is 11.6 Å². The summed E-state index contributed by atoms with van der Waals surface area (Å²) >= 11 is 0. The average Bonchev–Trinajstić information content (AvgIpc) is 2.96. The molecular formula is C30H30BF4O3Si-. The molecule has 3 nitrogen and oxygen atoms in total. The lowest BCUT2D eigenvalue weighted by atomic mass is 9.15. The highest BCUT2D eigenvalue weighted by atomic mass is 28.4. The van der Waals surface area contributed by atoms with E-state index in [1.165, 1.54) is 0 Å². The summed E-state index contributed by atoms with van der Waals surface area (Å²) in [4.78, 5) is 0. The first-order chi connectivity index (χ1) is 18.8. The zero-order valence-electron chi connectivity index (χ0n) is 22.1. The normalized spacial score (nSPS) is 12.1. The van der Waals surface area contributed by atoms with Crippen LogP contribution in [0.25, 0.3) is 0 Å². The molecule has 0 N–H and O–H groups in total. The SMILES string of the molecule is CO[Si](OC)(OC)c1c(F)c(F)c([B-](Cc2ccccc2)(Cc2ccccc2)Cc2ccccc2)c(F)c1F. The summed E-state index contributed by atoms with van der Waals surface area (Å²) in [5.41, 5.74) is 1.78. The number of rotatable bonds is 11. The molecule has 9 heteroatoms. The second kappa shape index (κ2) is 12.3. The van der Waals surface area contributed by atoms with Crippen LogP contribution in [0.1, 0.15) is 16.7 Å². The largest absolute Gasteiger partial charge is 0.542 e. The first-order valence-corrected chi connectivity index (χ1v) is 14.4. The van der Waals surface area contributed by atoms with E-state index in [0.29, 0.717) is 0 Å². The minimum atomic E-state index is -4.27. The summed E-state index contributed by atoms with van der Waals surface area (Å²) in [6.45, 7) is 0. The van der Waals surface area contributed by atoms with Gasteiger partial charge in [-0.25, -0.2) is 17.6 Å². The molecule has 4 aromatic carbocycles. The van der Waals surface area contributed by atoms with Crippen LogP contribution in [0.2, 0.25) is 0 Å². The first-order valence-electron chi connectivity index (χ1n) is 12.6. The fourth-order valence-electron chi connectivity index (χ4n) is 5.73. The van der Waals surface area contributed by atoms with Crippen molar-refractivity contribution in [2.45, 2.75) is 19.0 Å². The molecule has 0 heterocycles. The predicted octanol–water partition coefficient (Wildman–Crippen LogP) is 5.33. The fraction of sp³-hybridized carbons (Fsp3) is 0.200. The maximum absolute atomic E-state index is 16.3. The van der Waals surface area contributed by atoms with Gasteiger partial charge in [-0.1, -0.05) is 108 Å². The second-order valence-electron chi connectivity index (χ2n) is 9.76. The van der Waals surface area contributed by atoms with Gasteiger partial charge in [0.05, 0.1) is 5.19 Å². The summed E-state index contributed by atoms with van der Waals surface area (Å²) in [7, 11) is -0.909. The zero-order chi connectivity index (χ0) is 28.0. The highest BCUT2D eigenvalue weighted by Crippen LogP contribution is 2.27. The molecule has 4 rings (SSSR count). The van der Waals surface area contributed by atoms with Crippen LogP contribution in [0, 0.1) is 23.3 Å². The minimum absolute atomic E-state index is 0.179. The van der Waals surface area contributed by atoms with Crippen molar-refractivity contribution in [2.75, 3.05) is 21.3 Å². The topological polar surface area (TPSA) is 27.7 Å². The third-order valence-corrected chi connectivity index (χ3v) is 10.1. The van der Waals surface area contributed by atoms with Crippen molar-refractivity contribution in [1.29, 1.82) is 0 Å². The molecule has 0 aliphatic carbocycles. The molecule has 0 aromatic heterocycles. The van der Waals surface area contributed by atoms with E-state index >= 15 is 17.6 Å². The van der Waals surface area contributed by atoms with Crippen molar-refractivity contribution in [3.63, 3.8) is 0 Å². The van der Waals surface area contributed by atoms with Gasteiger partial charge in [0, 0.05) is 27.5 Å². The van der Waals surface area contributed by atoms with Crippen molar-refractivity contribution in [1.82, 2.24) is 0 Å². The Hall–Kier alpha value is -3.24. The van der Waals surface area contributed by atoms with Crippen LogP contribution >= 0.6 is 0 Å². The Morgan fingerprint density at radius 2 is 0.821 bits per heavy atom. The van der Waals surface area contributed by atoms with Crippen LogP contribution in [-0.2, 0) is 32.2 Å². The predicted molar refractivity (Wildman–Crippen MR) is 149 cm³/mol. The Labute approximate surface area is 227 Å². The van der Waals surface area contributed by atoms with Crippen LogP contribution in [0.3, 0.4) is 0 Å². The Balaban J connectivity index is 2.05. The van der Waals surface area contributed by atoms with E-state index in [2.05, 4.69) is 0 Å². The summed E-state index contributed by atoms with van der Waals surface area (Å²) in [6, 6.07) is 27.6. The third kappa shape index (κ3) is 5.72. The molecule has 39 heavy (non-hydrogen) atoms. The highest BCUT2D eigenvalue weighted by Gasteiger charge is 2.49. The van der Waals surface area contributed by atoms with Gasteiger partial charge in [-0.15, -0.1) is 24.4 Å². The van der Waals surface area contributed by atoms with Gasteiger partial charge < -0.3 is 13.3 Å². The van der Waals surface area contributed by atoms with Gasteiger partial charge in [-0.3, -0.25) is 0 Å². The van der Waals surface area contributed by atoms with E-state index in [4.69, 9.17) is 13.3 Å². The van der Waals surface area contributed by atoms with Crippen LogP contribution in [0.15, 0.2) is 91.0 Å². The van der Waals surface area contributed by atoms with E-state index < -0.39 is 48.9 Å². The molecule has 0 saturated carbocycles. The minimum Gasteiger partial charge on any atom is -0.373 e. The Bertz CT molecular complexity index is 1250. The molecular weight excluding hydrogens is 523 g/mol. The molecule has 0 unspecified atom stereocenters. The zero-order valence-corrected chi connectivity index (χ0v) is 23.1. The van der Waals surface area contributed by atoms with Crippen molar-refractivity contribution >= 4 is 25.6 Å². The van der Waals surface area contributed by atoms with Gasteiger partial charge in [0.25, 0.3) is 0 Å². The van der Waals surface area contributed by atoms with Gasteiger partial charge in [0.2, 0.25) is 0 Å². The smallest absolute Gasteiger partial charge is 0.373 e. The molecule has 0 saturated heterocycles. The Morgan fingerprint density at radius 3 is 1.10 bits per heavy atom. The summed E-state index contributed by atoms with van der Waals surface area (Å²) in [6.07, 6.45) is -1.81. The molecule has 0 amide bonds. The fourth-order valence-corrected chi connectivity index (χ4v) is 7.60. The Morgan fingerprint density at radius 1 is 0.513 bits per heavy atom. The molecule has 0 aliphatic heterocycles. The van der Waals surface area contributed by atoms with Gasteiger partial charge in [-0.2, -0.15) is 0 Å². The van der Waals surface area contributed by atoms with Crippen molar-refractivity contribution < 1.29 is 30.8 Å². The van der Waals surface area contributed by atoms with E-state index in [-0.39, 0.29) is 19.0 Å².